The number of phenols is 1. The summed E-state index contributed by atoms with van der Waals surface area (Å²) in [6.45, 7) is 0.491. The molecule has 5 heteroatoms. The van der Waals surface area contributed by atoms with Gasteiger partial charge in [-0.15, -0.1) is 6.42 Å². The molecule has 0 aliphatic heterocycles. The second-order valence-corrected chi connectivity index (χ2v) is 4.75. The smallest absolute Gasteiger partial charge is 0.271 e. The number of carbonyl (C=O) groups is 1. The predicted molar refractivity (Wildman–Crippen MR) is 88.3 cm³/mol. The predicted octanol–water partition coefficient (Wildman–Crippen LogP) is 2.28. The van der Waals surface area contributed by atoms with Gasteiger partial charge in [-0.25, -0.2) is 5.43 Å². The lowest BCUT2D eigenvalue weighted by atomic mass is 10.1. The standard InChI is InChI=1S/C18H16N2O3/c1-3-13-6-9-17(21)16(10-13)11-19-20-18(22)15-7-4-14(5-8-15)12-23-2/h1,4-11,21H,12H2,2H3,(H,20,22). The summed E-state index contributed by atoms with van der Waals surface area (Å²) in [4.78, 5) is 12.0. The van der Waals surface area contributed by atoms with Crippen molar-refractivity contribution in [1.82, 2.24) is 5.43 Å². The van der Waals surface area contributed by atoms with Crippen molar-refractivity contribution in [3.8, 4) is 18.1 Å². The molecule has 0 fully saturated rings. The van der Waals surface area contributed by atoms with Gasteiger partial charge in [-0.05, 0) is 35.9 Å². The minimum atomic E-state index is -0.349. The van der Waals surface area contributed by atoms with Gasteiger partial charge in [0.05, 0.1) is 12.8 Å². The van der Waals surface area contributed by atoms with Gasteiger partial charge in [0.15, 0.2) is 0 Å². The lowest BCUT2D eigenvalue weighted by molar-refractivity contribution is 0.0955. The number of benzene rings is 2. The SMILES string of the molecule is C#Cc1ccc(O)c(C=NNC(=O)c2ccc(COC)cc2)c1. The highest BCUT2D eigenvalue weighted by molar-refractivity contribution is 5.95. The number of hydrogen-bond acceptors (Lipinski definition) is 4. The largest absolute Gasteiger partial charge is 0.507 e. The molecule has 0 radical (unpaired) electrons. The molecular weight excluding hydrogens is 292 g/mol. The molecule has 2 N–H and O–H groups in total. The molecule has 5 nitrogen and oxygen atoms in total. The van der Waals surface area contributed by atoms with Gasteiger partial charge in [0.25, 0.3) is 5.91 Å². The zero-order chi connectivity index (χ0) is 16.7. The van der Waals surface area contributed by atoms with Crippen molar-refractivity contribution < 1.29 is 14.6 Å². The number of methoxy groups -OCH3 is 1. The summed E-state index contributed by atoms with van der Waals surface area (Å²) in [6.07, 6.45) is 6.64. The Hall–Kier alpha value is -3.10. The van der Waals surface area contributed by atoms with Crippen LogP contribution in [0, 0.1) is 12.3 Å². The third-order valence-electron chi connectivity index (χ3n) is 3.09. The van der Waals surface area contributed by atoms with Gasteiger partial charge in [0.2, 0.25) is 0 Å². The van der Waals surface area contributed by atoms with Crippen LogP contribution in [-0.2, 0) is 11.3 Å². The highest BCUT2D eigenvalue weighted by Crippen LogP contribution is 2.15. The van der Waals surface area contributed by atoms with Crippen LogP contribution >= 0.6 is 0 Å². The molecule has 0 unspecified atom stereocenters. The first-order valence-corrected chi connectivity index (χ1v) is 6.85. The number of aromatic hydroxyl groups is 1. The molecule has 0 saturated heterocycles. The van der Waals surface area contributed by atoms with Crippen LogP contribution < -0.4 is 5.43 Å². The molecular formula is C18H16N2O3. The summed E-state index contributed by atoms with van der Waals surface area (Å²) < 4.78 is 5.01. The molecule has 0 aliphatic carbocycles. The van der Waals surface area contributed by atoms with Gasteiger partial charge in [0.1, 0.15) is 5.75 Å². The number of terminal acetylenes is 1. The average Bonchev–Trinajstić information content (AvgIpc) is 2.57. The minimum Gasteiger partial charge on any atom is -0.507 e. The third-order valence-corrected chi connectivity index (χ3v) is 3.09. The monoisotopic (exact) mass is 308 g/mol. The molecule has 0 saturated carbocycles. The van der Waals surface area contributed by atoms with Crippen LogP contribution in [0.3, 0.4) is 0 Å². The first kappa shape index (κ1) is 16.3. The minimum absolute atomic E-state index is 0.0333. The number of ether oxygens (including phenoxy) is 1. The highest BCUT2D eigenvalue weighted by Gasteiger charge is 2.04. The Bertz CT molecular complexity index is 759. The van der Waals surface area contributed by atoms with E-state index in [1.165, 1.54) is 12.3 Å². The summed E-state index contributed by atoms with van der Waals surface area (Å²) in [5.41, 5.74) is 4.89. The molecule has 1 amide bonds. The molecule has 0 bridgehead atoms. The zero-order valence-electron chi connectivity index (χ0n) is 12.6. The third kappa shape index (κ3) is 4.43. The zero-order valence-corrected chi connectivity index (χ0v) is 12.6. The molecule has 0 atom stereocenters. The molecule has 2 aromatic carbocycles. The van der Waals surface area contributed by atoms with Crippen LogP contribution in [0.15, 0.2) is 47.6 Å². The van der Waals surface area contributed by atoms with E-state index in [0.29, 0.717) is 23.3 Å². The Morgan fingerprint density at radius 1 is 1.35 bits per heavy atom. The van der Waals surface area contributed by atoms with Gasteiger partial charge in [-0.2, -0.15) is 5.10 Å². The van der Waals surface area contributed by atoms with E-state index in [-0.39, 0.29) is 11.7 Å². The highest BCUT2D eigenvalue weighted by atomic mass is 16.5. The topological polar surface area (TPSA) is 70.9 Å². The molecule has 2 rings (SSSR count). The van der Waals surface area contributed by atoms with Crippen LogP contribution in [0.4, 0.5) is 0 Å². The van der Waals surface area contributed by atoms with Crippen LogP contribution in [0.25, 0.3) is 0 Å². The van der Waals surface area contributed by atoms with Gasteiger partial charge in [-0.1, -0.05) is 18.1 Å². The first-order valence-electron chi connectivity index (χ1n) is 6.85. The van der Waals surface area contributed by atoms with Gasteiger partial charge >= 0.3 is 0 Å². The molecule has 116 valence electrons. The van der Waals surface area contributed by atoms with E-state index in [2.05, 4.69) is 16.4 Å². The van der Waals surface area contributed by atoms with E-state index in [1.807, 2.05) is 12.1 Å². The van der Waals surface area contributed by atoms with E-state index in [1.54, 1.807) is 31.4 Å². The Morgan fingerprint density at radius 2 is 2.09 bits per heavy atom. The van der Waals surface area contributed by atoms with Crippen molar-refractivity contribution in [1.29, 1.82) is 0 Å². The number of rotatable bonds is 5. The number of phenolic OH excluding ortho intramolecular Hbond substituents is 1. The lowest BCUT2D eigenvalue weighted by Crippen LogP contribution is -2.17. The number of nitrogens with one attached hydrogen (secondary N) is 1. The van der Waals surface area contributed by atoms with Crippen LogP contribution in [0.1, 0.15) is 27.0 Å². The molecule has 0 spiro atoms. The van der Waals surface area contributed by atoms with Gasteiger partial charge in [-0.3, -0.25) is 4.79 Å². The Kier molecular flexibility index (Phi) is 5.50. The molecule has 0 aliphatic rings. The summed E-state index contributed by atoms with van der Waals surface area (Å²) in [5, 5.41) is 13.5. The normalized spacial score (nSPS) is 10.4. The molecule has 2 aromatic rings. The van der Waals surface area contributed by atoms with Crippen molar-refractivity contribution in [2.24, 2.45) is 5.10 Å². The second kappa shape index (κ2) is 7.78. The molecule has 0 heterocycles. The van der Waals surface area contributed by atoms with Crippen LogP contribution in [-0.4, -0.2) is 24.3 Å². The molecule has 0 aromatic heterocycles. The number of hydrogen-bond donors (Lipinski definition) is 2. The van der Waals surface area contributed by atoms with E-state index >= 15 is 0 Å². The van der Waals surface area contributed by atoms with Gasteiger partial charge < -0.3 is 9.84 Å². The maximum Gasteiger partial charge on any atom is 0.271 e. The van der Waals surface area contributed by atoms with E-state index in [0.717, 1.165) is 5.56 Å². The van der Waals surface area contributed by atoms with Crippen molar-refractivity contribution in [3.05, 3.63) is 64.7 Å². The maximum atomic E-state index is 12.0. The van der Waals surface area contributed by atoms with Crippen molar-refractivity contribution in [3.63, 3.8) is 0 Å². The average molecular weight is 308 g/mol. The second-order valence-electron chi connectivity index (χ2n) is 4.75. The van der Waals surface area contributed by atoms with Crippen LogP contribution in [0.5, 0.6) is 5.75 Å². The fourth-order valence-corrected chi connectivity index (χ4v) is 1.89. The summed E-state index contributed by atoms with van der Waals surface area (Å²) in [6, 6.07) is 11.7. The summed E-state index contributed by atoms with van der Waals surface area (Å²) in [7, 11) is 1.61. The van der Waals surface area contributed by atoms with Crippen molar-refractivity contribution in [2.45, 2.75) is 6.61 Å². The van der Waals surface area contributed by atoms with Crippen molar-refractivity contribution in [2.75, 3.05) is 7.11 Å². The summed E-state index contributed by atoms with van der Waals surface area (Å²) in [5.74, 6) is 2.15. The number of carbonyl (C=O) groups excluding carboxylic acids is 1. The molecule has 23 heavy (non-hydrogen) atoms. The fraction of sp³-hybridized carbons (Fsp3) is 0.111. The fourth-order valence-electron chi connectivity index (χ4n) is 1.89. The lowest BCUT2D eigenvalue weighted by Gasteiger charge is -2.03. The van der Waals surface area contributed by atoms with Crippen molar-refractivity contribution >= 4 is 12.1 Å². The Labute approximate surface area is 134 Å². The van der Waals surface area contributed by atoms with E-state index in [9.17, 15) is 9.90 Å². The number of amides is 1. The first-order chi connectivity index (χ1) is 11.1. The summed E-state index contributed by atoms with van der Waals surface area (Å²) >= 11 is 0. The van der Waals surface area contributed by atoms with E-state index in [4.69, 9.17) is 11.2 Å². The Morgan fingerprint density at radius 3 is 2.74 bits per heavy atom. The van der Waals surface area contributed by atoms with Gasteiger partial charge in [0, 0.05) is 23.8 Å². The number of hydrazone groups is 1. The quantitative estimate of drug-likeness (QED) is 0.506. The number of nitrogens with zero attached hydrogens (tertiary/aromatic N) is 1. The maximum absolute atomic E-state index is 12.0. The van der Waals surface area contributed by atoms with E-state index < -0.39 is 0 Å². The van der Waals surface area contributed by atoms with Crippen LogP contribution in [0.2, 0.25) is 0 Å². The Balaban J connectivity index is 2.02.